The molecule has 0 heterocycles. The summed E-state index contributed by atoms with van der Waals surface area (Å²) in [5.74, 6) is -0.390. The number of benzene rings is 1. The van der Waals surface area contributed by atoms with Gasteiger partial charge in [-0.1, -0.05) is 11.6 Å². The number of hydrogen-bond acceptors (Lipinski definition) is 3. The number of hydrogen-bond donors (Lipinski definition) is 0. The summed E-state index contributed by atoms with van der Waals surface area (Å²) >= 11 is 5.70. The standard InChI is InChI=1S/C11H10ClF3O3/c1-17-10-3-2-7(12)4-8(10)9(16)5-18-6-11(13,14)15/h2-4H,5-6H2,1H3. The molecule has 0 radical (unpaired) electrons. The molecule has 18 heavy (non-hydrogen) atoms. The molecule has 0 N–H and O–H groups in total. The molecule has 100 valence electrons. The summed E-state index contributed by atoms with van der Waals surface area (Å²) in [6, 6.07) is 4.28. The SMILES string of the molecule is COc1ccc(Cl)cc1C(=O)COCC(F)(F)F. The van der Waals surface area contributed by atoms with E-state index in [1.165, 1.54) is 25.3 Å². The van der Waals surface area contributed by atoms with Gasteiger partial charge >= 0.3 is 6.18 Å². The van der Waals surface area contributed by atoms with Crippen molar-refractivity contribution in [2.75, 3.05) is 20.3 Å². The van der Waals surface area contributed by atoms with Crippen LogP contribution in [0.5, 0.6) is 5.75 Å². The minimum absolute atomic E-state index is 0.0900. The van der Waals surface area contributed by atoms with Gasteiger partial charge in [0.2, 0.25) is 0 Å². The Balaban J connectivity index is 2.69. The Hall–Kier alpha value is -1.27. The van der Waals surface area contributed by atoms with Crippen LogP contribution in [0.25, 0.3) is 0 Å². The van der Waals surface area contributed by atoms with Gasteiger partial charge in [0, 0.05) is 5.02 Å². The molecule has 0 aliphatic carbocycles. The maximum atomic E-state index is 11.8. The molecule has 0 aromatic heterocycles. The predicted octanol–water partition coefficient (Wildman–Crippen LogP) is 3.11. The first-order chi connectivity index (χ1) is 8.33. The highest BCUT2D eigenvalue weighted by atomic mass is 35.5. The molecule has 0 amide bonds. The van der Waals surface area contributed by atoms with Crippen molar-refractivity contribution in [3.8, 4) is 5.75 Å². The van der Waals surface area contributed by atoms with Gasteiger partial charge in [0.05, 0.1) is 12.7 Å². The third-order valence-corrected chi connectivity index (χ3v) is 2.20. The Labute approximate surface area is 106 Å². The monoisotopic (exact) mass is 282 g/mol. The number of rotatable bonds is 5. The smallest absolute Gasteiger partial charge is 0.411 e. The lowest BCUT2D eigenvalue weighted by atomic mass is 10.1. The Morgan fingerprint density at radius 1 is 1.39 bits per heavy atom. The number of carbonyl (C=O) groups is 1. The number of halogens is 4. The van der Waals surface area contributed by atoms with Gasteiger partial charge in [-0.25, -0.2) is 0 Å². The van der Waals surface area contributed by atoms with Gasteiger partial charge in [-0.05, 0) is 18.2 Å². The van der Waals surface area contributed by atoms with Gasteiger partial charge in [-0.15, -0.1) is 0 Å². The van der Waals surface area contributed by atoms with Crippen LogP contribution in [0.3, 0.4) is 0 Å². The highest BCUT2D eigenvalue weighted by Crippen LogP contribution is 2.23. The van der Waals surface area contributed by atoms with Crippen molar-refractivity contribution in [1.82, 2.24) is 0 Å². The average Bonchev–Trinajstić information content (AvgIpc) is 2.27. The molecule has 0 bridgehead atoms. The highest BCUT2D eigenvalue weighted by molar-refractivity contribution is 6.31. The summed E-state index contributed by atoms with van der Waals surface area (Å²) < 4.78 is 44.7. The molecule has 1 aromatic rings. The summed E-state index contributed by atoms with van der Waals surface area (Å²) in [5, 5.41) is 0.287. The Kier molecular flexibility index (Phi) is 4.98. The van der Waals surface area contributed by atoms with Crippen molar-refractivity contribution in [2.45, 2.75) is 6.18 Å². The molecule has 0 fully saturated rings. The van der Waals surface area contributed by atoms with E-state index in [0.29, 0.717) is 0 Å². The summed E-state index contributed by atoms with van der Waals surface area (Å²) in [6.45, 7) is -2.15. The minimum atomic E-state index is -4.46. The summed E-state index contributed by atoms with van der Waals surface area (Å²) in [4.78, 5) is 11.6. The van der Waals surface area contributed by atoms with E-state index in [4.69, 9.17) is 16.3 Å². The lowest BCUT2D eigenvalue weighted by molar-refractivity contribution is -0.170. The first-order valence-electron chi connectivity index (χ1n) is 4.84. The quantitative estimate of drug-likeness (QED) is 0.779. The Morgan fingerprint density at radius 3 is 2.61 bits per heavy atom. The highest BCUT2D eigenvalue weighted by Gasteiger charge is 2.28. The van der Waals surface area contributed by atoms with Crippen molar-refractivity contribution < 1.29 is 27.4 Å². The average molecular weight is 283 g/mol. The van der Waals surface area contributed by atoms with Crippen LogP contribution >= 0.6 is 11.6 Å². The fraction of sp³-hybridized carbons (Fsp3) is 0.364. The second kappa shape index (κ2) is 6.06. The topological polar surface area (TPSA) is 35.5 Å². The summed E-state index contributed by atoms with van der Waals surface area (Å²) in [6.07, 6.45) is -4.46. The van der Waals surface area contributed by atoms with Crippen molar-refractivity contribution in [3.05, 3.63) is 28.8 Å². The third-order valence-electron chi connectivity index (χ3n) is 1.96. The molecule has 0 saturated carbocycles. The maximum Gasteiger partial charge on any atom is 0.411 e. The molecule has 0 saturated heterocycles. The molecule has 0 aliphatic rings. The van der Waals surface area contributed by atoms with Gasteiger partial charge < -0.3 is 9.47 Å². The predicted molar refractivity (Wildman–Crippen MR) is 59.2 cm³/mol. The van der Waals surface area contributed by atoms with E-state index in [2.05, 4.69) is 4.74 Å². The number of ketones is 1. The van der Waals surface area contributed by atoms with Crippen LogP contribution in [0.15, 0.2) is 18.2 Å². The van der Waals surface area contributed by atoms with Gasteiger partial charge in [0.15, 0.2) is 5.78 Å². The number of ether oxygens (including phenoxy) is 2. The van der Waals surface area contributed by atoms with Crippen molar-refractivity contribution in [3.63, 3.8) is 0 Å². The zero-order valence-electron chi connectivity index (χ0n) is 9.38. The van der Waals surface area contributed by atoms with E-state index in [9.17, 15) is 18.0 Å². The van der Waals surface area contributed by atoms with Gasteiger partial charge in [-0.3, -0.25) is 4.79 Å². The van der Waals surface area contributed by atoms with Crippen LogP contribution in [0, 0.1) is 0 Å². The zero-order valence-corrected chi connectivity index (χ0v) is 10.1. The van der Waals surface area contributed by atoms with Crippen molar-refractivity contribution in [2.24, 2.45) is 0 Å². The molecule has 1 rings (SSSR count). The second-order valence-corrected chi connectivity index (χ2v) is 3.81. The molecule has 0 aliphatic heterocycles. The van der Waals surface area contributed by atoms with Crippen LogP contribution < -0.4 is 4.74 Å². The fourth-order valence-corrected chi connectivity index (χ4v) is 1.41. The van der Waals surface area contributed by atoms with E-state index >= 15 is 0 Å². The van der Waals surface area contributed by atoms with E-state index in [1.807, 2.05) is 0 Å². The number of carbonyl (C=O) groups excluding carboxylic acids is 1. The van der Waals surface area contributed by atoms with Gasteiger partial charge in [0.25, 0.3) is 0 Å². The molecule has 0 unspecified atom stereocenters. The normalized spacial score (nSPS) is 11.4. The molecular formula is C11H10ClF3O3. The van der Waals surface area contributed by atoms with Gasteiger partial charge in [0.1, 0.15) is 19.0 Å². The van der Waals surface area contributed by atoms with Crippen molar-refractivity contribution >= 4 is 17.4 Å². The second-order valence-electron chi connectivity index (χ2n) is 3.38. The fourth-order valence-electron chi connectivity index (χ4n) is 1.24. The summed E-state index contributed by atoms with van der Waals surface area (Å²) in [7, 11) is 1.34. The largest absolute Gasteiger partial charge is 0.496 e. The molecule has 7 heteroatoms. The van der Waals surface area contributed by atoms with Gasteiger partial charge in [-0.2, -0.15) is 13.2 Å². The zero-order chi connectivity index (χ0) is 13.8. The molecule has 0 spiro atoms. The number of alkyl halides is 3. The van der Waals surface area contributed by atoms with Crippen LogP contribution in [-0.4, -0.2) is 32.3 Å². The lowest BCUT2D eigenvalue weighted by Crippen LogP contribution is -2.20. The molecule has 3 nitrogen and oxygen atoms in total. The van der Waals surface area contributed by atoms with E-state index in [-0.39, 0.29) is 16.3 Å². The molecule has 0 atom stereocenters. The van der Waals surface area contributed by atoms with Crippen LogP contribution in [-0.2, 0) is 4.74 Å². The number of methoxy groups -OCH3 is 1. The molecular weight excluding hydrogens is 273 g/mol. The first-order valence-corrected chi connectivity index (χ1v) is 5.22. The Morgan fingerprint density at radius 2 is 2.06 bits per heavy atom. The minimum Gasteiger partial charge on any atom is -0.496 e. The van der Waals surface area contributed by atoms with Crippen molar-refractivity contribution in [1.29, 1.82) is 0 Å². The number of Topliss-reactive ketones (excluding diaryl/α,β-unsaturated/α-hetero) is 1. The van der Waals surface area contributed by atoms with Crippen LogP contribution in [0.1, 0.15) is 10.4 Å². The van der Waals surface area contributed by atoms with E-state index in [0.717, 1.165) is 0 Å². The molecule has 1 aromatic carbocycles. The Bertz CT molecular complexity index is 432. The van der Waals surface area contributed by atoms with E-state index in [1.54, 1.807) is 0 Å². The van der Waals surface area contributed by atoms with E-state index < -0.39 is 25.2 Å². The third kappa shape index (κ3) is 4.54. The summed E-state index contributed by atoms with van der Waals surface area (Å²) in [5.41, 5.74) is 0.0900. The van der Waals surface area contributed by atoms with Crippen LogP contribution in [0.2, 0.25) is 5.02 Å². The maximum absolute atomic E-state index is 11.8. The first kappa shape index (κ1) is 14.8. The lowest BCUT2D eigenvalue weighted by Gasteiger charge is -2.09. The van der Waals surface area contributed by atoms with Crippen LogP contribution in [0.4, 0.5) is 13.2 Å².